The van der Waals surface area contributed by atoms with Crippen LogP contribution >= 0.6 is 0 Å². The molecule has 1 aliphatic carbocycles. The van der Waals surface area contributed by atoms with Gasteiger partial charge in [0.15, 0.2) is 17.2 Å². The topological polar surface area (TPSA) is 91.5 Å². The minimum Gasteiger partial charge on any atom is -0.469 e. The lowest BCUT2D eigenvalue weighted by Crippen LogP contribution is -2.25. The minimum atomic E-state index is -4.68. The molecule has 0 fully saturated rings. The van der Waals surface area contributed by atoms with E-state index in [1.165, 1.54) is 30.5 Å². The molecule has 3 heterocycles. The van der Waals surface area contributed by atoms with Gasteiger partial charge in [-0.2, -0.15) is 23.4 Å². The van der Waals surface area contributed by atoms with Crippen molar-refractivity contribution in [2.75, 3.05) is 0 Å². The molecule has 1 aliphatic heterocycles. The fourth-order valence-electron chi connectivity index (χ4n) is 4.06. The maximum Gasteiger partial charge on any atom is 0.586 e. The van der Waals surface area contributed by atoms with Crippen molar-refractivity contribution in [3.63, 3.8) is 0 Å². The first-order valence-corrected chi connectivity index (χ1v) is 10.3. The predicted molar refractivity (Wildman–Crippen MR) is 104 cm³/mol. The lowest BCUT2D eigenvalue weighted by Gasteiger charge is -2.20. The van der Waals surface area contributed by atoms with Crippen LogP contribution in [0.4, 0.5) is 22.0 Å². The second kappa shape index (κ2) is 7.79. The van der Waals surface area contributed by atoms with Gasteiger partial charge in [0.1, 0.15) is 6.10 Å². The van der Waals surface area contributed by atoms with Crippen molar-refractivity contribution in [1.29, 1.82) is 0 Å². The number of hydrogen-bond acceptors (Lipinski definition) is 7. The quantitative estimate of drug-likeness (QED) is 0.545. The fraction of sp³-hybridized carbons (Fsp3) is 0.381. The summed E-state index contributed by atoms with van der Waals surface area (Å²) in [6.45, 7) is 1.62. The third kappa shape index (κ3) is 4.00. The summed E-state index contributed by atoms with van der Waals surface area (Å²) in [5, 5.41) is 21.7. The van der Waals surface area contributed by atoms with Crippen molar-refractivity contribution in [3.05, 3.63) is 53.0 Å². The molecule has 180 valence electrons. The standard InChI is InChI=1S/C21H17F5N4O4/c1-10(11-5-6-15-16(7-11)34-21(25,26)33-15)32-17-8-12(9-27-28-17)30-18-13(3-2-4-14(18)31)19(29-30)20(22,23)24/h5-10,14,31H,2-4H2,1H3. The van der Waals surface area contributed by atoms with Crippen LogP contribution in [0.5, 0.6) is 17.4 Å². The summed E-state index contributed by atoms with van der Waals surface area (Å²) < 4.78 is 82.7. The van der Waals surface area contributed by atoms with Crippen LogP contribution in [-0.4, -0.2) is 31.4 Å². The predicted octanol–water partition coefficient (Wildman–Crippen LogP) is 4.51. The SMILES string of the molecule is CC(Oc1cc(-n2nc(C(F)(F)F)c3c2C(O)CCC3)cnn1)c1ccc2c(c1)OC(F)(F)O2. The van der Waals surface area contributed by atoms with Gasteiger partial charge in [-0.05, 0) is 43.9 Å². The van der Waals surface area contributed by atoms with Gasteiger partial charge in [0, 0.05) is 11.6 Å². The monoisotopic (exact) mass is 484 g/mol. The van der Waals surface area contributed by atoms with Crippen LogP contribution in [0.1, 0.15) is 54.5 Å². The highest BCUT2D eigenvalue weighted by Gasteiger charge is 2.44. The molecule has 34 heavy (non-hydrogen) atoms. The van der Waals surface area contributed by atoms with Crippen molar-refractivity contribution in [3.8, 4) is 23.1 Å². The normalized spacial score (nSPS) is 19.6. The zero-order valence-electron chi connectivity index (χ0n) is 17.5. The smallest absolute Gasteiger partial charge is 0.469 e. The van der Waals surface area contributed by atoms with Crippen LogP contribution in [0, 0.1) is 0 Å². The average Bonchev–Trinajstić information content (AvgIpc) is 3.30. The molecule has 1 aromatic carbocycles. The van der Waals surface area contributed by atoms with Gasteiger partial charge in [-0.15, -0.1) is 13.9 Å². The Balaban J connectivity index is 1.44. The van der Waals surface area contributed by atoms with E-state index in [4.69, 9.17) is 4.74 Å². The van der Waals surface area contributed by atoms with E-state index in [1.807, 2.05) is 0 Å². The number of benzene rings is 1. The van der Waals surface area contributed by atoms with E-state index < -0.39 is 30.4 Å². The van der Waals surface area contributed by atoms with Crippen LogP contribution in [-0.2, 0) is 12.6 Å². The molecule has 5 rings (SSSR count). The molecular formula is C21H17F5N4O4. The third-order valence-electron chi connectivity index (χ3n) is 5.57. The van der Waals surface area contributed by atoms with E-state index in [1.54, 1.807) is 6.92 Å². The molecule has 2 aliphatic rings. The summed E-state index contributed by atoms with van der Waals surface area (Å²) in [7, 11) is 0. The first-order chi connectivity index (χ1) is 16.0. The van der Waals surface area contributed by atoms with Crippen molar-refractivity contribution in [1.82, 2.24) is 20.0 Å². The summed E-state index contributed by atoms with van der Waals surface area (Å²) in [6, 6.07) is 5.47. The van der Waals surface area contributed by atoms with Crippen molar-refractivity contribution >= 4 is 0 Å². The van der Waals surface area contributed by atoms with Gasteiger partial charge in [-0.25, -0.2) is 4.68 Å². The van der Waals surface area contributed by atoms with Gasteiger partial charge in [0.25, 0.3) is 0 Å². The molecule has 8 nitrogen and oxygen atoms in total. The first kappa shape index (κ1) is 22.3. The maximum absolute atomic E-state index is 13.5. The molecule has 0 saturated carbocycles. The number of fused-ring (bicyclic) bond motifs is 2. The molecule has 13 heteroatoms. The second-order valence-corrected chi connectivity index (χ2v) is 7.92. The Morgan fingerprint density at radius 1 is 1.21 bits per heavy atom. The lowest BCUT2D eigenvalue weighted by atomic mass is 9.93. The Morgan fingerprint density at radius 3 is 2.74 bits per heavy atom. The molecule has 0 bridgehead atoms. The number of ether oxygens (including phenoxy) is 3. The minimum absolute atomic E-state index is 0.0453. The number of aromatic nitrogens is 4. The van der Waals surface area contributed by atoms with E-state index >= 15 is 0 Å². The molecule has 1 N–H and O–H groups in total. The first-order valence-electron chi connectivity index (χ1n) is 10.3. The number of aliphatic hydroxyl groups is 1. The van der Waals surface area contributed by atoms with Crippen LogP contribution < -0.4 is 14.2 Å². The zero-order chi connectivity index (χ0) is 24.3. The molecule has 3 aromatic rings. The highest BCUT2D eigenvalue weighted by Crippen LogP contribution is 2.43. The van der Waals surface area contributed by atoms with E-state index in [-0.39, 0.29) is 40.7 Å². The zero-order valence-corrected chi connectivity index (χ0v) is 17.5. The maximum atomic E-state index is 13.5. The molecule has 2 atom stereocenters. The number of hydrogen-bond donors (Lipinski definition) is 1. The second-order valence-electron chi connectivity index (χ2n) is 7.92. The van der Waals surface area contributed by atoms with Gasteiger partial charge in [0.2, 0.25) is 5.88 Å². The Hall–Kier alpha value is -3.48. The number of nitrogens with zero attached hydrogens (tertiary/aromatic N) is 4. The van der Waals surface area contributed by atoms with Crippen LogP contribution in [0.15, 0.2) is 30.5 Å². The van der Waals surface area contributed by atoms with Crippen LogP contribution in [0.2, 0.25) is 0 Å². The molecule has 0 spiro atoms. The Kier molecular flexibility index (Phi) is 5.11. The summed E-state index contributed by atoms with van der Waals surface area (Å²) in [4.78, 5) is 0. The highest BCUT2D eigenvalue weighted by atomic mass is 19.4. The molecular weight excluding hydrogens is 467 g/mol. The van der Waals surface area contributed by atoms with Crippen molar-refractivity contribution < 1.29 is 41.3 Å². The van der Waals surface area contributed by atoms with Gasteiger partial charge >= 0.3 is 12.5 Å². The Labute approximate surface area is 188 Å². The van der Waals surface area contributed by atoms with Crippen molar-refractivity contribution in [2.24, 2.45) is 0 Å². The van der Waals surface area contributed by atoms with E-state index in [9.17, 15) is 27.1 Å². The van der Waals surface area contributed by atoms with Crippen LogP contribution in [0.3, 0.4) is 0 Å². The summed E-state index contributed by atoms with van der Waals surface area (Å²) in [5.74, 6) is -0.323. The third-order valence-corrected chi connectivity index (χ3v) is 5.57. The fourth-order valence-corrected chi connectivity index (χ4v) is 4.06. The highest BCUT2D eigenvalue weighted by molar-refractivity contribution is 5.46. The van der Waals surface area contributed by atoms with Gasteiger partial charge in [-0.3, -0.25) is 0 Å². The molecule has 2 aromatic heterocycles. The summed E-state index contributed by atoms with van der Waals surface area (Å²) in [6.07, 6.45) is -8.21. The van der Waals surface area contributed by atoms with E-state index in [2.05, 4.69) is 24.8 Å². The molecule has 0 saturated heterocycles. The van der Waals surface area contributed by atoms with Gasteiger partial charge in [-0.1, -0.05) is 6.07 Å². The lowest BCUT2D eigenvalue weighted by molar-refractivity contribution is -0.286. The number of aliphatic hydroxyl groups excluding tert-OH is 1. The molecule has 0 amide bonds. The van der Waals surface area contributed by atoms with E-state index in [0.29, 0.717) is 18.4 Å². The number of halogens is 5. The summed E-state index contributed by atoms with van der Waals surface area (Å²) >= 11 is 0. The number of rotatable bonds is 4. The Bertz CT molecular complexity index is 1250. The summed E-state index contributed by atoms with van der Waals surface area (Å²) in [5.41, 5.74) is -0.460. The van der Waals surface area contributed by atoms with Gasteiger partial charge < -0.3 is 19.3 Å². The van der Waals surface area contributed by atoms with Gasteiger partial charge in [0.05, 0.1) is 23.7 Å². The number of alkyl halides is 5. The Morgan fingerprint density at radius 2 is 1.97 bits per heavy atom. The van der Waals surface area contributed by atoms with Crippen LogP contribution in [0.25, 0.3) is 5.69 Å². The molecule has 2 unspecified atom stereocenters. The van der Waals surface area contributed by atoms with Crippen molar-refractivity contribution in [2.45, 2.75) is 50.9 Å². The molecule has 0 radical (unpaired) electrons. The van der Waals surface area contributed by atoms with E-state index in [0.717, 1.165) is 4.68 Å². The largest absolute Gasteiger partial charge is 0.586 e. The average molecular weight is 484 g/mol.